The highest BCUT2D eigenvalue weighted by Crippen LogP contribution is 2.21. The highest BCUT2D eigenvalue weighted by Gasteiger charge is 2.12. The maximum absolute atomic E-state index is 12.1. The van der Waals surface area contributed by atoms with Crippen LogP contribution in [0.15, 0.2) is 36.8 Å². The number of halogens is 1. The second-order valence-electron chi connectivity index (χ2n) is 3.89. The molecule has 0 amide bonds. The third kappa shape index (κ3) is 2.02. The number of carbonyl (C=O) groups is 1. The Labute approximate surface area is 112 Å². The van der Waals surface area contributed by atoms with Gasteiger partial charge in [0.15, 0.2) is 0 Å². The normalized spacial score (nSPS) is 10.8. The lowest BCUT2D eigenvalue weighted by Gasteiger charge is -2.03. The summed E-state index contributed by atoms with van der Waals surface area (Å²) in [6, 6.07) is 7.08. The minimum atomic E-state index is -0.349. The van der Waals surface area contributed by atoms with E-state index in [0.717, 1.165) is 10.1 Å². The van der Waals surface area contributed by atoms with Crippen molar-refractivity contribution in [2.45, 2.75) is 0 Å². The van der Waals surface area contributed by atoms with E-state index in [4.69, 9.17) is 17.3 Å². The summed E-state index contributed by atoms with van der Waals surface area (Å²) < 4.78 is 1.07. The van der Waals surface area contributed by atoms with Gasteiger partial charge in [-0.3, -0.25) is 9.78 Å². The van der Waals surface area contributed by atoms with E-state index in [-0.39, 0.29) is 11.9 Å². The van der Waals surface area contributed by atoms with Crippen LogP contribution in [0.2, 0.25) is 5.02 Å². The number of aromatic nitrogens is 4. The van der Waals surface area contributed by atoms with Crippen LogP contribution in [-0.2, 0) is 0 Å². The predicted molar refractivity (Wildman–Crippen MR) is 70.9 cm³/mol. The van der Waals surface area contributed by atoms with Crippen molar-refractivity contribution < 1.29 is 4.79 Å². The lowest BCUT2D eigenvalue weighted by Crippen LogP contribution is -2.13. The summed E-state index contributed by atoms with van der Waals surface area (Å²) in [5.74, 6) is -0.302. The topological polar surface area (TPSA) is 86.7 Å². The number of hydrogen-bond acceptors (Lipinski definition) is 5. The summed E-state index contributed by atoms with van der Waals surface area (Å²) in [4.78, 5) is 20.0. The van der Waals surface area contributed by atoms with Gasteiger partial charge >= 0.3 is 0 Å². The van der Waals surface area contributed by atoms with E-state index in [2.05, 4.69) is 15.1 Å². The van der Waals surface area contributed by atoms with E-state index >= 15 is 0 Å². The van der Waals surface area contributed by atoms with Crippen LogP contribution in [0.25, 0.3) is 10.9 Å². The second-order valence-corrected chi connectivity index (χ2v) is 4.30. The molecule has 0 aliphatic heterocycles. The van der Waals surface area contributed by atoms with Gasteiger partial charge in [0, 0.05) is 11.6 Å². The van der Waals surface area contributed by atoms with Crippen LogP contribution in [0, 0.1) is 0 Å². The Bertz CT molecular complexity index is 783. The largest absolute Gasteiger partial charge is 0.366 e. The zero-order chi connectivity index (χ0) is 13.4. The van der Waals surface area contributed by atoms with E-state index in [1.165, 1.54) is 12.5 Å². The molecule has 0 bridgehead atoms. The fourth-order valence-corrected chi connectivity index (χ4v) is 1.98. The van der Waals surface area contributed by atoms with E-state index in [1.54, 1.807) is 18.2 Å². The van der Waals surface area contributed by atoms with Crippen molar-refractivity contribution in [2.75, 3.05) is 5.73 Å². The third-order valence-corrected chi connectivity index (χ3v) is 2.93. The van der Waals surface area contributed by atoms with Gasteiger partial charge in [-0.2, -0.15) is 4.68 Å². The Morgan fingerprint density at radius 1 is 1.32 bits per heavy atom. The average molecular weight is 274 g/mol. The molecule has 0 aliphatic rings. The molecule has 2 aromatic heterocycles. The molecule has 94 valence electrons. The fourth-order valence-electron chi connectivity index (χ4n) is 1.75. The lowest BCUT2D eigenvalue weighted by atomic mass is 10.1. The summed E-state index contributed by atoms with van der Waals surface area (Å²) >= 11 is 6.02. The number of benzene rings is 1. The summed E-state index contributed by atoms with van der Waals surface area (Å²) in [7, 11) is 0. The van der Waals surface area contributed by atoms with Crippen LogP contribution < -0.4 is 5.73 Å². The molecule has 2 N–H and O–H groups in total. The second kappa shape index (κ2) is 4.33. The molecule has 0 saturated carbocycles. The number of fused-ring (bicyclic) bond motifs is 1. The summed E-state index contributed by atoms with van der Waals surface area (Å²) in [5, 5.41) is 5.09. The van der Waals surface area contributed by atoms with Crippen molar-refractivity contribution in [2.24, 2.45) is 0 Å². The van der Waals surface area contributed by atoms with Gasteiger partial charge in [0.05, 0.1) is 16.1 Å². The van der Waals surface area contributed by atoms with Crippen molar-refractivity contribution in [1.82, 2.24) is 19.7 Å². The highest BCUT2D eigenvalue weighted by molar-refractivity contribution is 6.35. The number of nitrogen functional groups attached to an aromatic ring is 1. The van der Waals surface area contributed by atoms with Crippen LogP contribution in [0.5, 0.6) is 0 Å². The Morgan fingerprint density at radius 3 is 2.89 bits per heavy atom. The molecule has 6 nitrogen and oxygen atoms in total. The lowest BCUT2D eigenvalue weighted by molar-refractivity contribution is 0.0945. The number of nitrogens with two attached hydrogens (primary N) is 1. The smallest absolute Gasteiger partial charge is 0.281 e. The number of pyridine rings is 1. The zero-order valence-electron chi connectivity index (χ0n) is 9.62. The minimum Gasteiger partial charge on any atom is -0.366 e. The van der Waals surface area contributed by atoms with Gasteiger partial charge in [0.25, 0.3) is 5.91 Å². The number of anilines is 1. The highest BCUT2D eigenvalue weighted by atomic mass is 35.5. The van der Waals surface area contributed by atoms with Gasteiger partial charge in [-0.1, -0.05) is 23.7 Å². The van der Waals surface area contributed by atoms with Crippen LogP contribution in [-0.4, -0.2) is 25.7 Å². The monoisotopic (exact) mass is 273 g/mol. The Balaban J connectivity index is 2.09. The molecular weight excluding hydrogens is 266 g/mol. The van der Waals surface area contributed by atoms with E-state index in [1.807, 2.05) is 6.07 Å². The molecule has 3 rings (SSSR count). The Kier molecular flexibility index (Phi) is 2.64. The number of para-hydroxylation sites is 1. The van der Waals surface area contributed by atoms with Crippen molar-refractivity contribution in [3.63, 3.8) is 0 Å². The molecule has 7 heteroatoms. The molecule has 0 fully saturated rings. The van der Waals surface area contributed by atoms with Crippen LogP contribution in [0.3, 0.4) is 0 Å². The molecule has 0 atom stereocenters. The fraction of sp³-hybridized carbons (Fsp3) is 0. The van der Waals surface area contributed by atoms with Gasteiger partial charge < -0.3 is 5.73 Å². The first kappa shape index (κ1) is 11.6. The molecule has 0 spiro atoms. The summed E-state index contributed by atoms with van der Waals surface area (Å²) in [5.41, 5.74) is 6.42. The predicted octanol–water partition coefficient (Wildman–Crippen LogP) is 1.75. The molecule has 0 saturated heterocycles. The standard InChI is InChI=1S/C12H8ClN5O/c13-9-3-1-2-7-4-8(5-15-10(7)9)11(19)18-6-16-12(14)17-18/h1-6H,(H2,14,17). The average Bonchev–Trinajstić information content (AvgIpc) is 2.84. The summed E-state index contributed by atoms with van der Waals surface area (Å²) in [6.07, 6.45) is 2.72. The van der Waals surface area contributed by atoms with E-state index in [9.17, 15) is 4.79 Å². The van der Waals surface area contributed by atoms with Gasteiger partial charge in [-0.05, 0) is 12.1 Å². The number of hydrogen-bond donors (Lipinski definition) is 1. The third-order valence-electron chi connectivity index (χ3n) is 2.63. The van der Waals surface area contributed by atoms with E-state index < -0.39 is 0 Å². The Morgan fingerprint density at radius 2 is 2.16 bits per heavy atom. The van der Waals surface area contributed by atoms with Gasteiger partial charge in [-0.15, -0.1) is 5.10 Å². The molecule has 1 aromatic carbocycles. The molecule has 0 aliphatic carbocycles. The van der Waals surface area contributed by atoms with Crippen molar-refractivity contribution >= 4 is 34.4 Å². The van der Waals surface area contributed by atoms with Crippen molar-refractivity contribution in [1.29, 1.82) is 0 Å². The molecule has 0 unspecified atom stereocenters. The first-order chi connectivity index (χ1) is 9.15. The number of rotatable bonds is 1. The molecule has 19 heavy (non-hydrogen) atoms. The zero-order valence-corrected chi connectivity index (χ0v) is 10.4. The first-order valence-corrected chi connectivity index (χ1v) is 5.79. The molecular formula is C12H8ClN5O. The van der Waals surface area contributed by atoms with Gasteiger partial charge in [-0.25, -0.2) is 4.98 Å². The number of nitrogens with zero attached hydrogens (tertiary/aromatic N) is 4. The maximum atomic E-state index is 12.1. The minimum absolute atomic E-state index is 0.0464. The number of carbonyl (C=O) groups excluding carboxylic acids is 1. The maximum Gasteiger partial charge on any atom is 0.281 e. The van der Waals surface area contributed by atoms with Crippen LogP contribution >= 0.6 is 11.6 Å². The van der Waals surface area contributed by atoms with Gasteiger partial charge in [0.2, 0.25) is 5.95 Å². The SMILES string of the molecule is Nc1ncn(C(=O)c2cnc3c(Cl)cccc3c2)n1. The molecule has 3 aromatic rings. The quantitative estimate of drug-likeness (QED) is 0.730. The summed E-state index contributed by atoms with van der Waals surface area (Å²) in [6.45, 7) is 0. The first-order valence-electron chi connectivity index (χ1n) is 5.41. The molecule has 0 radical (unpaired) electrons. The molecule has 2 heterocycles. The van der Waals surface area contributed by atoms with Crippen LogP contribution in [0.1, 0.15) is 10.4 Å². The van der Waals surface area contributed by atoms with Crippen molar-refractivity contribution in [3.05, 3.63) is 47.4 Å². The van der Waals surface area contributed by atoms with Gasteiger partial charge in [0.1, 0.15) is 6.33 Å². The van der Waals surface area contributed by atoms with Crippen LogP contribution in [0.4, 0.5) is 5.95 Å². The van der Waals surface area contributed by atoms with E-state index in [0.29, 0.717) is 16.1 Å². The van der Waals surface area contributed by atoms with Crippen molar-refractivity contribution in [3.8, 4) is 0 Å². The Hall–Kier alpha value is -2.47.